The highest BCUT2D eigenvalue weighted by Gasteiger charge is 2.08. The Bertz CT molecular complexity index is 753. The van der Waals surface area contributed by atoms with Gasteiger partial charge in [0.2, 0.25) is 0 Å². The Hall–Kier alpha value is -3.23. The van der Waals surface area contributed by atoms with Crippen LogP contribution in [0.25, 0.3) is 0 Å². The molecule has 7 nitrogen and oxygen atoms in total. The summed E-state index contributed by atoms with van der Waals surface area (Å²) in [7, 11) is 0. The second kappa shape index (κ2) is 9.30. The van der Waals surface area contributed by atoms with Gasteiger partial charge in [-0.3, -0.25) is 14.9 Å². The molecule has 0 radical (unpaired) electrons. The molecule has 2 aromatic rings. The van der Waals surface area contributed by atoms with Crippen molar-refractivity contribution in [3.63, 3.8) is 0 Å². The third kappa shape index (κ3) is 6.34. The minimum absolute atomic E-state index is 0.0677. The molecule has 2 aromatic carbocycles. The second-order valence-electron chi connectivity index (χ2n) is 5.17. The van der Waals surface area contributed by atoms with E-state index in [-0.39, 0.29) is 29.7 Å². The first-order valence-corrected chi connectivity index (χ1v) is 7.62. The van der Waals surface area contributed by atoms with Crippen LogP contribution in [-0.4, -0.2) is 30.6 Å². The van der Waals surface area contributed by atoms with Crippen LogP contribution in [0.15, 0.2) is 48.5 Å². The van der Waals surface area contributed by atoms with E-state index < -0.39 is 11.5 Å². The number of carbonyl (C=O) groups excluding carboxylic acids is 1. The van der Waals surface area contributed by atoms with Crippen LogP contribution in [-0.2, 0) is 11.2 Å². The molecular formula is C17H16F2N2O5. The van der Waals surface area contributed by atoms with Gasteiger partial charge in [-0.2, -0.15) is 8.78 Å². The van der Waals surface area contributed by atoms with E-state index in [9.17, 15) is 23.7 Å². The molecule has 0 aromatic heterocycles. The Morgan fingerprint density at radius 2 is 1.88 bits per heavy atom. The molecule has 0 unspecified atom stereocenters. The molecule has 138 valence electrons. The Balaban J connectivity index is 1.72. The average Bonchev–Trinajstić information content (AvgIpc) is 2.61. The van der Waals surface area contributed by atoms with Gasteiger partial charge in [-0.1, -0.05) is 18.2 Å². The van der Waals surface area contributed by atoms with Crippen LogP contribution in [0.1, 0.15) is 5.56 Å². The summed E-state index contributed by atoms with van der Waals surface area (Å²) in [5.74, 6) is -0.0868. The number of halogens is 2. The normalized spacial score (nSPS) is 10.4. The summed E-state index contributed by atoms with van der Waals surface area (Å²) in [6, 6.07) is 11.6. The Morgan fingerprint density at radius 3 is 2.54 bits per heavy atom. The Labute approximate surface area is 147 Å². The number of rotatable bonds is 9. The Morgan fingerprint density at radius 1 is 1.15 bits per heavy atom. The van der Waals surface area contributed by atoms with Crippen molar-refractivity contribution < 1.29 is 28.0 Å². The monoisotopic (exact) mass is 366 g/mol. The van der Waals surface area contributed by atoms with Crippen molar-refractivity contribution in [1.29, 1.82) is 0 Å². The number of amides is 1. The standard InChI is InChI=1S/C17H16F2N2O5/c18-17(19)26-14-6-4-12(5-7-14)8-9-20-16(22)11-25-15-3-1-2-13(10-15)21(23)24/h1-7,10,17H,8-9,11H2,(H,20,22). The molecule has 1 amide bonds. The van der Waals surface area contributed by atoms with Crippen LogP contribution in [0.5, 0.6) is 11.5 Å². The van der Waals surface area contributed by atoms with Crippen molar-refractivity contribution in [1.82, 2.24) is 5.32 Å². The highest BCUT2D eigenvalue weighted by atomic mass is 19.3. The van der Waals surface area contributed by atoms with Gasteiger partial charge < -0.3 is 14.8 Å². The van der Waals surface area contributed by atoms with E-state index in [1.165, 1.54) is 36.4 Å². The lowest BCUT2D eigenvalue weighted by Crippen LogP contribution is -2.30. The van der Waals surface area contributed by atoms with Gasteiger partial charge in [0.05, 0.1) is 11.0 Å². The maximum absolute atomic E-state index is 12.1. The number of nitro benzene ring substituents is 1. The third-order valence-electron chi connectivity index (χ3n) is 3.28. The SMILES string of the molecule is O=C(COc1cccc([N+](=O)[O-])c1)NCCc1ccc(OC(F)F)cc1. The van der Waals surface area contributed by atoms with Gasteiger partial charge in [0.1, 0.15) is 11.5 Å². The van der Waals surface area contributed by atoms with Crippen molar-refractivity contribution in [2.45, 2.75) is 13.0 Å². The fourth-order valence-corrected chi connectivity index (χ4v) is 2.07. The number of hydrogen-bond donors (Lipinski definition) is 1. The fourth-order valence-electron chi connectivity index (χ4n) is 2.07. The summed E-state index contributed by atoms with van der Waals surface area (Å²) in [6.07, 6.45) is 0.498. The lowest BCUT2D eigenvalue weighted by atomic mass is 10.1. The zero-order chi connectivity index (χ0) is 18.9. The number of benzene rings is 2. The van der Waals surface area contributed by atoms with Crippen LogP contribution in [0, 0.1) is 10.1 Å². The highest BCUT2D eigenvalue weighted by Crippen LogP contribution is 2.19. The number of hydrogen-bond acceptors (Lipinski definition) is 5. The zero-order valence-electron chi connectivity index (χ0n) is 13.6. The predicted octanol–water partition coefficient (Wildman–Crippen LogP) is 2.93. The van der Waals surface area contributed by atoms with Gasteiger partial charge in [0, 0.05) is 12.6 Å². The molecule has 0 heterocycles. The molecule has 0 spiro atoms. The molecule has 0 aliphatic rings. The van der Waals surface area contributed by atoms with Crippen molar-refractivity contribution in [2.24, 2.45) is 0 Å². The molecule has 0 aliphatic heterocycles. The topological polar surface area (TPSA) is 90.7 Å². The smallest absolute Gasteiger partial charge is 0.387 e. The van der Waals surface area contributed by atoms with E-state index in [0.717, 1.165) is 5.56 Å². The molecule has 0 saturated heterocycles. The molecule has 2 rings (SSSR count). The van der Waals surface area contributed by atoms with Crippen LogP contribution in [0.4, 0.5) is 14.5 Å². The van der Waals surface area contributed by atoms with E-state index in [2.05, 4.69) is 10.1 Å². The summed E-state index contributed by atoms with van der Waals surface area (Å²) in [5.41, 5.74) is 0.716. The van der Waals surface area contributed by atoms with Crippen LogP contribution >= 0.6 is 0 Å². The van der Waals surface area contributed by atoms with Gasteiger partial charge in [-0.05, 0) is 30.2 Å². The summed E-state index contributed by atoms with van der Waals surface area (Å²) < 4.78 is 33.6. The summed E-state index contributed by atoms with van der Waals surface area (Å²) in [4.78, 5) is 21.8. The number of carbonyl (C=O) groups is 1. The van der Waals surface area contributed by atoms with Crippen LogP contribution < -0.4 is 14.8 Å². The van der Waals surface area contributed by atoms with Gasteiger partial charge in [0.15, 0.2) is 6.61 Å². The maximum Gasteiger partial charge on any atom is 0.387 e. The fraction of sp³-hybridized carbons (Fsp3) is 0.235. The van der Waals surface area contributed by atoms with Crippen LogP contribution in [0.3, 0.4) is 0 Å². The Kier molecular flexibility index (Phi) is 6.84. The minimum Gasteiger partial charge on any atom is -0.484 e. The molecule has 1 N–H and O–H groups in total. The molecule has 0 saturated carbocycles. The van der Waals surface area contributed by atoms with Gasteiger partial charge >= 0.3 is 6.61 Å². The van der Waals surface area contributed by atoms with Gasteiger partial charge in [-0.15, -0.1) is 0 Å². The summed E-state index contributed by atoms with van der Waals surface area (Å²) >= 11 is 0. The summed E-state index contributed by atoms with van der Waals surface area (Å²) in [5, 5.41) is 13.3. The van der Waals surface area contributed by atoms with Crippen molar-refractivity contribution in [3.8, 4) is 11.5 Å². The van der Waals surface area contributed by atoms with E-state index in [4.69, 9.17) is 4.74 Å². The van der Waals surface area contributed by atoms with E-state index in [1.807, 2.05) is 0 Å². The molecular weight excluding hydrogens is 350 g/mol. The largest absolute Gasteiger partial charge is 0.484 e. The lowest BCUT2D eigenvalue weighted by Gasteiger charge is -2.08. The first-order chi connectivity index (χ1) is 12.4. The van der Waals surface area contributed by atoms with Gasteiger partial charge in [-0.25, -0.2) is 0 Å². The highest BCUT2D eigenvalue weighted by molar-refractivity contribution is 5.77. The van der Waals surface area contributed by atoms with Crippen LogP contribution in [0.2, 0.25) is 0 Å². The second-order valence-corrected chi connectivity index (χ2v) is 5.17. The lowest BCUT2D eigenvalue weighted by molar-refractivity contribution is -0.384. The number of ether oxygens (including phenoxy) is 2. The molecule has 26 heavy (non-hydrogen) atoms. The third-order valence-corrected chi connectivity index (χ3v) is 3.28. The number of nitrogens with one attached hydrogen (secondary N) is 1. The predicted molar refractivity (Wildman–Crippen MR) is 88.4 cm³/mol. The molecule has 0 atom stereocenters. The first kappa shape index (κ1) is 19.1. The zero-order valence-corrected chi connectivity index (χ0v) is 13.6. The molecule has 0 bridgehead atoms. The van der Waals surface area contributed by atoms with Gasteiger partial charge in [0.25, 0.3) is 11.6 Å². The van der Waals surface area contributed by atoms with Crippen molar-refractivity contribution in [2.75, 3.05) is 13.2 Å². The quantitative estimate of drug-likeness (QED) is 0.544. The maximum atomic E-state index is 12.1. The van der Waals surface area contributed by atoms with E-state index in [0.29, 0.717) is 13.0 Å². The molecule has 9 heteroatoms. The van der Waals surface area contributed by atoms with E-state index >= 15 is 0 Å². The van der Waals surface area contributed by atoms with Crippen molar-refractivity contribution >= 4 is 11.6 Å². The molecule has 0 fully saturated rings. The first-order valence-electron chi connectivity index (χ1n) is 7.62. The van der Waals surface area contributed by atoms with Crippen molar-refractivity contribution in [3.05, 3.63) is 64.2 Å². The number of nitro groups is 1. The number of alkyl halides is 2. The molecule has 0 aliphatic carbocycles. The number of non-ortho nitro benzene ring substituents is 1. The average molecular weight is 366 g/mol. The minimum atomic E-state index is -2.87. The summed E-state index contributed by atoms with van der Waals surface area (Å²) in [6.45, 7) is -2.82. The van der Waals surface area contributed by atoms with E-state index in [1.54, 1.807) is 12.1 Å². The number of nitrogens with zero attached hydrogens (tertiary/aromatic N) is 1.